The number of aromatic nitrogens is 2. The molecule has 1 aromatic carbocycles. The zero-order valence-corrected chi connectivity index (χ0v) is 17.5. The summed E-state index contributed by atoms with van der Waals surface area (Å²) in [6.07, 6.45) is 2.47. The number of carbonyl (C=O) groups is 1. The Morgan fingerprint density at radius 3 is 2.48 bits per heavy atom. The molecule has 1 N–H and O–H groups in total. The van der Waals surface area contributed by atoms with Gasteiger partial charge in [0.25, 0.3) is 11.5 Å². The predicted molar refractivity (Wildman–Crippen MR) is 111 cm³/mol. The fourth-order valence-electron chi connectivity index (χ4n) is 4.33. The minimum atomic E-state index is -0.519. The second-order valence-corrected chi connectivity index (χ2v) is 8.46. The highest BCUT2D eigenvalue weighted by molar-refractivity contribution is 5.92. The third-order valence-corrected chi connectivity index (χ3v) is 5.87. The number of nitrogens with zero attached hydrogens (tertiary/aromatic N) is 2. The average Bonchev–Trinajstić information content (AvgIpc) is 2.69. The van der Waals surface area contributed by atoms with E-state index in [1.807, 2.05) is 18.2 Å². The zero-order chi connectivity index (χ0) is 21.2. The van der Waals surface area contributed by atoms with E-state index in [4.69, 9.17) is 4.74 Å². The first-order valence-corrected chi connectivity index (χ1v) is 9.90. The van der Waals surface area contributed by atoms with Gasteiger partial charge in [0.1, 0.15) is 5.69 Å². The van der Waals surface area contributed by atoms with Crippen molar-refractivity contribution in [2.45, 2.75) is 44.1 Å². The van der Waals surface area contributed by atoms with Crippen molar-refractivity contribution in [3.63, 3.8) is 0 Å². The van der Waals surface area contributed by atoms with E-state index >= 15 is 0 Å². The number of rotatable bonds is 5. The number of ether oxygens (including phenoxy) is 1. The van der Waals surface area contributed by atoms with E-state index < -0.39 is 17.2 Å². The highest BCUT2D eigenvalue weighted by Gasteiger charge is 2.41. The molecule has 0 aliphatic carbocycles. The minimum absolute atomic E-state index is 0.0687. The van der Waals surface area contributed by atoms with E-state index in [9.17, 15) is 14.4 Å². The summed E-state index contributed by atoms with van der Waals surface area (Å²) in [4.78, 5) is 36.6. The molecular formula is C22H29N3O4. The highest BCUT2D eigenvalue weighted by atomic mass is 16.5. The first-order chi connectivity index (χ1) is 13.7. The van der Waals surface area contributed by atoms with Crippen LogP contribution in [0.25, 0.3) is 0 Å². The molecule has 156 valence electrons. The van der Waals surface area contributed by atoms with Crippen LogP contribution in [0.15, 0.2) is 46.0 Å². The van der Waals surface area contributed by atoms with Gasteiger partial charge in [-0.2, -0.15) is 0 Å². The predicted octanol–water partition coefficient (Wildman–Crippen LogP) is 1.73. The molecular weight excluding hydrogens is 370 g/mol. The molecule has 1 saturated heterocycles. The molecule has 0 radical (unpaired) electrons. The van der Waals surface area contributed by atoms with Crippen LogP contribution in [0.4, 0.5) is 0 Å². The zero-order valence-electron chi connectivity index (χ0n) is 17.5. The van der Waals surface area contributed by atoms with Crippen molar-refractivity contribution < 1.29 is 9.53 Å². The molecule has 0 bridgehead atoms. The molecule has 1 atom stereocenters. The first-order valence-electron chi connectivity index (χ1n) is 9.90. The largest absolute Gasteiger partial charge is 0.376 e. The molecule has 2 aromatic rings. The number of benzene rings is 1. The van der Waals surface area contributed by atoms with Crippen molar-refractivity contribution in [3.8, 4) is 0 Å². The fraction of sp³-hybridized carbons (Fsp3) is 0.500. The smallest absolute Gasteiger partial charge is 0.331 e. The molecule has 1 aromatic heterocycles. The Morgan fingerprint density at radius 1 is 1.14 bits per heavy atom. The van der Waals surface area contributed by atoms with E-state index in [1.165, 1.54) is 30.3 Å². The summed E-state index contributed by atoms with van der Waals surface area (Å²) in [5.41, 5.74) is -0.0478. The van der Waals surface area contributed by atoms with Crippen LogP contribution in [0.5, 0.6) is 0 Å². The minimum Gasteiger partial charge on any atom is -0.376 e. The molecule has 0 spiro atoms. The third kappa shape index (κ3) is 4.34. The van der Waals surface area contributed by atoms with Crippen molar-refractivity contribution in [2.75, 3.05) is 13.2 Å². The Morgan fingerprint density at radius 2 is 1.83 bits per heavy atom. The van der Waals surface area contributed by atoms with Crippen LogP contribution in [0.1, 0.15) is 49.2 Å². The van der Waals surface area contributed by atoms with E-state index in [0.717, 1.165) is 23.8 Å². The Balaban J connectivity index is 1.79. The van der Waals surface area contributed by atoms with E-state index in [0.29, 0.717) is 13.2 Å². The van der Waals surface area contributed by atoms with Crippen molar-refractivity contribution in [1.29, 1.82) is 0 Å². The van der Waals surface area contributed by atoms with Crippen LogP contribution in [0.3, 0.4) is 0 Å². The molecule has 3 rings (SSSR count). The van der Waals surface area contributed by atoms with Gasteiger partial charge in [0.2, 0.25) is 0 Å². The van der Waals surface area contributed by atoms with Crippen molar-refractivity contribution in [1.82, 2.24) is 14.5 Å². The van der Waals surface area contributed by atoms with Crippen LogP contribution in [-0.4, -0.2) is 33.8 Å². The molecule has 1 unspecified atom stereocenters. The topological polar surface area (TPSA) is 82.3 Å². The van der Waals surface area contributed by atoms with Gasteiger partial charge >= 0.3 is 5.69 Å². The Bertz CT molecular complexity index is 1010. The summed E-state index contributed by atoms with van der Waals surface area (Å²) in [5.74, 6) is -0.420. The van der Waals surface area contributed by atoms with Crippen LogP contribution in [0.2, 0.25) is 0 Å². The molecule has 1 amide bonds. The van der Waals surface area contributed by atoms with Gasteiger partial charge in [-0.3, -0.25) is 18.7 Å². The van der Waals surface area contributed by atoms with E-state index in [2.05, 4.69) is 31.3 Å². The lowest BCUT2D eigenvalue weighted by Crippen LogP contribution is -2.46. The van der Waals surface area contributed by atoms with Crippen molar-refractivity contribution >= 4 is 5.91 Å². The van der Waals surface area contributed by atoms with Crippen molar-refractivity contribution in [3.05, 3.63) is 68.5 Å². The molecule has 1 fully saturated rings. The number of hydrogen-bond donors (Lipinski definition) is 1. The quantitative estimate of drug-likeness (QED) is 0.830. The van der Waals surface area contributed by atoms with Gasteiger partial charge in [-0.15, -0.1) is 0 Å². The fourth-order valence-corrected chi connectivity index (χ4v) is 4.33. The maximum Gasteiger partial charge on any atom is 0.331 e. The van der Waals surface area contributed by atoms with Gasteiger partial charge in [-0.25, -0.2) is 4.79 Å². The summed E-state index contributed by atoms with van der Waals surface area (Å²) in [6, 6.07) is 11.5. The van der Waals surface area contributed by atoms with Crippen LogP contribution in [-0.2, 0) is 24.2 Å². The Labute approximate surface area is 170 Å². The van der Waals surface area contributed by atoms with Crippen LogP contribution >= 0.6 is 0 Å². The summed E-state index contributed by atoms with van der Waals surface area (Å²) >= 11 is 0. The number of carbonyl (C=O) groups excluding carboxylic acids is 1. The van der Waals surface area contributed by atoms with Gasteiger partial charge in [0, 0.05) is 38.7 Å². The van der Waals surface area contributed by atoms with Crippen LogP contribution in [0, 0.1) is 0 Å². The van der Waals surface area contributed by atoms with Gasteiger partial charge in [0.05, 0.1) is 5.60 Å². The first kappa shape index (κ1) is 21.0. The summed E-state index contributed by atoms with van der Waals surface area (Å²) < 4.78 is 8.10. The average molecular weight is 399 g/mol. The summed E-state index contributed by atoms with van der Waals surface area (Å²) in [5, 5.41) is 2.90. The second-order valence-electron chi connectivity index (χ2n) is 8.46. The van der Waals surface area contributed by atoms with E-state index in [1.54, 1.807) is 0 Å². The lowest BCUT2D eigenvalue weighted by atomic mass is 9.67. The van der Waals surface area contributed by atoms with Gasteiger partial charge in [0.15, 0.2) is 0 Å². The maximum absolute atomic E-state index is 12.6. The number of amides is 1. The molecule has 0 saturated carbocycles. The van der Waals surface area contributed by atoms with Gasteiger partial charge < -0.3 is 10.1 Å². The highest BCUT2D eigenvalue weighted by Crippen LogP contribution is 2.43. The standard InChI is InChI=1S/C22H29N3O4/c1-21(2)15-22(11-13-29-21,16-8-6-5-7-9-16)10-12-23-19(27)17-14-18(26)25(4)20(28)24(17)3/h5-9,14H,10-13,15H2,1-4H3,(H,23,27). The second kappa shape index (κ2) is 7.99. The Kier molecular flexibility index (Phi) is 5.80. The van der Waals surface area contributed by atoms with Gasteiger partial charge in [-0.1, -0.05) is 30.3 Å². The maximum atomic E-state index is 12.6. The number of hydrogen-bond acceptors (Lipinski definition) is 4. The molecule has 1 aliphatic rings. The third-order valence-electron chi connectivity index (χ3n) is 5.87. The normalized spacial score (nSPS) is 21.0. The summed E-state index contributed by atoms with van der Waals surface area (Å²) in [6.45, 7) is 5.29. The Hall–Kier alpha value is -2.67. The summed E-state index contributed by atoms with van der Waals surface area (Å²) in [7, 11) is 2.88. The lowest BCUT2D eigenvalue weighted by Gasteiger charge is -2.45. The number of nitrogens with one attached hydrogen (secondary N) is 1. The molecule has 29 heavy (non-hydrogen) atoms. The van der Waals surface area contributed by atoms with Crippen molar-refractivity contribution in [2.24, 2.45) is 14.1 Å². The SMILES string of the molecule is Cn1c(C(=O)NCCC2(c3ccccc3)CCOC(C)(C)C2)cc(=O)n(C)c1=O. The van der Waals surface area contributed by atoms with E-state index in [-0.39, 0.29) is 16.7 Å². The molecule has 1 aliphatic heterocycles. The molecule has 2 heterocycles. The molecule has 7 nitrogen and oxygen atoms in total. The van der Waals surface area contributed by atoms with Gasteiger partial charge in [-0.05, 0) is 38.7 Å². The monoisotopic (exact) mass is 399 g/mol. The lowest BCUT2D eigenvalue weighted by molar-refractivity contribution is -0.0838. The van der Waals surface area contributed by atoms with Crippen LogP contribution < -0.4 is 16.6 Å². The molecule has 7 heteroatoms.